The number of methoxy groups -OCH3 is 1. The lowest BCUT2D eigenvalue weighted by Crippen LogP contribution is -2.62. The molecule has 4 fully saturated rings. The van der Waals surface area contributed by atoms with Crippen molar-refractivity contribution in [2.24, 2.45) is 64.1 Å². The maximum absolute atomic E-state index is 11.8. The van der Waals surface area contributed by atoms with Crippen molar-refractivity contribution in [2.75, 3.05) is 7.11 Å². The van der Waals surface area contributed by atoms with Crippen molar-refractivity contribution in [2.45, 2.75) is 105 Å². The number of ether oxygens (including phenoxy) is 1. The van der Waals surface area contributed by atoms with Crippen molar-refractivity contribution >= 4 is 5.97 Å². The van der Waals surface area contributed by atoms with Gasteiger partial charge in [0.2, 0.25) is 0 Å². The fourth-order valence-corrected chi connectivity index (χ4v) is 10.3. The van der Waals surface area contributed by atoms with E-state index in [1.165, 1.54) is 45.6 Å². The van der Waals surface area contributed by atoms with E-state index in [1.807, 2.05) is 0 Å². The molecular weight excluding hydrogens is 396 g/mol. The summed E-state index contributed by atoms with van der Waals surface area (Å²) >= 11 is 0. The molecule has 0 aromatic carbocycles. The first kappa shape index (κ1) is 24.6. The Hall–Kier alpha value is -0.570. The lowest BCUT2D eigenvalue weighted by Gasteiger charge is -2.66. The second-order valence-corrected chi connectivity index (χ2v) is 13.1. The van der Waals surface area contributed by atoms with Crippen LogP contribution >= 0.6 is 0 Å². The number of rotatable bonds is 5. The van der Waals surface area contributed by atoms with Gasteiger partial charge in [-0.1, -0.05) is 54.4 Å². The number of carbonyl (C=O) groups is 1. The average molecular weight is 447 g/mol. The summed E-state index contributed by atoms with van der Waals surface area (Å²) in [6.45, 7) is 14.8. The second kappa shape index (κ2) is 8.90. The predicted molar refractivity (Wildman–Crippen MR) is 130 cm³/mol. The van der Waals surface area contributed by atoms with E-state index in [1.54, 1.807) is 0 Å². The molecule has 1 N–H and O–H groups in total. The Morgan fingerprint density at radius 3 is 2.47 bits per heavy atom. The van der Waals surface area contributed by atoms with Crippen LogP contribution in [0, 0.1) is 64.1 Å². The quantitative estimate of drug-likeness (QED) is 0.477. The van der Waals surface area contributed by atoms with E-state index in [4.69, 9.17) is 4.74 Å². The summed E-state index contributed by atoms with van der Waals surface area (Å²) in [5.74, 6) is 6.20. The van der Waals surface area contributed by atoms with Crippen LogP contribution in [0.25, 0.3) is 0 Å². The van der Waals surface area contributed by atoms with E-state index in [9.17, 15) is 9.90 Å². The van der Waals surface area contributed by atoms with Gasteiger partial charge in [-0.25, -0.2) is 0 Å². The minimum atomic E-state index is -0.205. The highest BCUT2D eigenvalue weighted by Crippen LogP contribution is 2.71. The third-order valence-electron chi connectivity index (χ3n) is 12.0. The summed E-state index contributed by atoms with van der Waals surface area (Å²) in [5.41, 5.74) is 0.398. The molecule has 0 radical (unpaired) electrons. The molecule has 0 spiro atoms. The highest BCUT2D eigenvalue weighted by atomic mass is 16.5. The molecule has 0 amide bonds. The monoisotopic (exact) mass is 446 g/mol. The van der Waals surface area contributed by atoms with E-state index in [2.05, 4.69) is 41.5 Å². The van der Waals surface area contributed by atoms with E-state index >= 15 is 0 Å². The van der Waals surface area contributed by atoms with Gasteiger partial charge in [-0.3, -0.25) is 4.79 Å². The zero-order valence-electron chi connectivity index (χ0n) is 21.9. The molecule has 3 nitrogen and oxygen atoms in total. The number of aliphatic hydroxyl groups excluding tert-OH is 1. The molecule has 32 heavy (non-hydrogen) atoms. The van der Waals surface area contributed by atoms with Gasteiger partial charge in [0.1, 0.15) is 0 Å². The molecule has 184 valence electrons. The Balaban J connectivity index is 1.63. The maximum Gasteiger partial charge on any atom is 0.305 e. The largest absolute Gasteiger partial charge is 0.469 e. The molecule has 0 aromatic rings. The summed E-state index contributed by atoms with van der Waals surface area (Å²) < 4.78 is 4.91. The molecule has 0 saturated heterocycles. The van der Waals surface area contributed by atoms with Crippen molar-refractivity contribution in [3.8, 4) is 0 Å². The van der Waals surface area contributed by atoms with Crippen LogP contribution in [0.2, 0.25) is 0 Å². The molecule has 0 aliphatic heterocycles. The topological polar surface area (TPSA) is 46.5 Å². The molecule has 12 unspecified atom stereocenters. The Morgan fingerprint density at radius 1 is 1.09 bits per heavy atom. The van der Waals surface area contributed by atoms with Crippen molar-refractivity contribution in [1.29, 1.82) is 0 Å². The first-order valence-electron chi connectivity index (χ1n) is 13.8. The summed E-state index contributed by atoms with van der Waals surface area (Å²) in [7, 11) is 1.49. The average Bonchev–Trinajstić information content (AvgIpc) is 3.12. The van der Waals surface area contributed by atoms with Gasteiger partial charge in [0.05, 0.1) is 13.2 Å². The van der Waals surface area contributed by atoms with Crippen LogP contribution in [0.1, 0.15) is 99.3 Å². The number of carbonyl (C=O) groups excluding carboxylic acids is 1. The molecule has 4 aliphatic rings. The zero-order chi connectivity index (χ0) is 23.4. The van der Waals surface area contributed by atoms with Gasteiger partial charge in [0.25, 0.3) is 0 Å². The van der Waals surface area contributed by atoms with Crippen LogP contribution in [0.5, 0.6) is 0 Å². The number of hydrogen-bond acceptors (Lipinski definition) is 3. The molecule has 0 bridgehead atoms. The van der Waals surface area contributed by atoms with Crippen LogP contribution in [0.3, 0.4) is 0 Å². The fourth-order valence-electron chi connectivity index (χ4n) is 10.3. The van der Waals surface area contributed by atoms with Gasteiger partial charge in [-0.15, -0.1) is 0 Å². The van der Waals surface area contributed by atoms with E-state index in [0.29, 0.717) is 35.5 Å². The standard InChI is InChI=1S/C29H50O3/c1-8-20-19(4)27-22-11-10-21(18(3)9-12-26(31)32-7)29(22,6)25(30)16-24(27)28(5)14-13-17(2)15-23(20)28/h17-25,27,30H,8-16H2,1-7H3. The second-order valence-electron chi connectivity index (χ2n) is 13.1. The Kier molecular flexibility index (Phi) is 6.83. The van der Waals surface area contributed by atoms with Gasteiger partial charge in [0, 0.05) is 6.42 Å². The highest BCUT2D eigenvalue weighted by molar-refractivity contribution is 5.69. The van der Waals surface area contributed by atoms with Crippen LogP contribution in [0.4, 0.5) is 0 Å². The maximum atomic E-state index is 11.8. The molecule has 3 heteroatoms. The Morgan fingerprint density at radius 2 is 1.81 bits per heavy atom. The first-order valence-corrected chi connectivity index (χ1v) is 13.8. The SMILES string of the molecule is CCC1C(C)C2C(CC(O)C3(C)C(C(C)CCC(=O)OC)CCC23)C2(C)CCC(C)CC12. The fraction of sp³-hybridized carbons (Fsp3) is 0.966. The van der Waals surface area contributed by atoms with E-state index in [0.717, 1.165) is 42.4 Å². The minimum absolute atomic E-state index is 0.00555. The molecule has 12 atom stereocenters. The lowest BCUT2D eigenvalue weighted by atomic mass is 9.39. The number of esters is 1. The summed E-state index contributed by atoms with van der Waals surface area (Å²) in [6.07, 6.45) is 10.1. The zero-order valence-corrected chi connectivity index (χ0v) is 21.9. The number of hydrogen-bond donors (Lipinski definition) is 1. The molecular formula is C29H50O3. The predicted octanol–water partition coefficient (Wildman–Crippen LogP) is 6.72. The van der Waals surface area contributed by atoms with Gasteiger partial charge in [-0.2, -0.15) is 0 Å². The van der Waals surface area contributed by atoms with Crippen molar-refractivity contribution in [3.05, 3.63) is 0 Å². The molecule has 4 rings (SSSR count). The summed E-state index contributed by atoms with van der Waals surface area (Å²) in [5, 5.41) is 11.8. The molecule has 4 saturated carbocycles. The number of aliphatic hydroxyl groups is 1. The number of fused-ring (bicyclic) bond motifs is 5. The van der Waals surface area contributed by atoms with Crippen molar-refractivity contribution < 1.29 is 14.6 Å². The van der Waals surface area contributed by atoms with Crippen molar-refractivity contribution in [3.63, 3.8) is 0 Å². The van der Waals surface area contributed by atoms with Crippen molar-refractivity contribution in [1.82, 2.24) is 0 Å². The van der Waals surface area contributed by atoms with Gasteiger partial charge >= 0.3 is 5.97 Å². The molecule has 4 aliphatic carbocycles. The lowest BCUT2D eigenvalue weighted by molar-refractivity contribution is -0.205. The third kappa shape index (κ3) is 3.59. The molecule has 0 heterocycles. The highest BCUT2D eigenvalue weighted by Gasteiger charge is 2.66. The Bertz CT molecular complexity index is 690. The minimum Gasteiger partial charge on any atom is -0.469 e. The Labute approximate surface area is 197 Å². The van der Waals surface area contributed by atoms with Gasteiger partial charge < -0.3 is 9.84 Å². The smallest absolute Gasteiger partial charge is 0.305 e. The van der Waals surface area contributed by atoms with E-state index in [-0.39, 0.29) is 17.5 Å². The van der Waals surface area contributed by atoms with E-state index < -0.39 is 0 Å². The summed E-state index contributed by atoms with van der Waals surface area (Å²) in [4.78, 5) is 11.8. The van der Waals surface area contributed by atoms with Crippen LogP contribution in [-0.2, 0) is 9.53 Å². The van der Waals surface area contributed by atoms with Gasteiger partial charge in [0.15, 0.2) is 0 Å². The van der Waals surface area contributed by atoms with Crippen LogP contribution in [-0.4, -0.2) is 24.3 Å². The first-order chi connectivity index (χ1) is 15.1. The normalized spacial score (nSPS) is 51.3. The molecule has 0 aromatic heterocycles. The van der Waals surface area contributed by atoms with Crippen LogP contribution < -0.4 is 0 Å². The van der Waals surface area contributed by atoms with Gasteiger partial charge in [-0.05, 0) is 103 Å². The van der Waals surface area contributed by atoms with Crippen LogP contribution in [0.15, 0.2) is 0 Å². The third-order valence-corrected chi connectivity index (χ3v) is 12.0. The summed E-state index contributed by atoms with van der Waals surface area (Å²) in [6, 6.07) is 0.